The van der Waals surface area contributed by atoms with E-state index in [1.807, 2.05) is 6.92 Å². The molecule has 1 fully saturated rings. The topological polar surface area (TPSA) is 75.7 Å². The quantitative estimate of drug-likeness (QED) is 0.706. The van der Waals surface area contributed by atoms with Gasteiger partial charge in [0.25, 0.3) is 0 Å². The molecule has 0 bridgehead atoms. The van der Waals surface area contributed by atoms with Crippen LogP contribution in [0.3, 0.4) is 0 Å². The number of carbonyl (C=O) groups excluding carboxylic acids is 1. The summed E-state index contributed by atoms with van der Waals surface area (Å²) in [5, 5.41) is 3.27. The van der Waals surface area contributed by atoms with Crippen molar-refractivity contribution in [3.63, 3.8) is 0 Å². The van der Waals surface area contributed by atoms with Gasteiger partial charge in [-0.05, 0) is 50.5 Å². The van der Waals surface area contributed by atoms with Gasteiger partial charge in [-0.15, -0.1) is 0 Å². The van der Waals surface area contributed by atoms with Crippen LogP contribution in [0.25, 0.3) is 0 Å². The molecular formula is C16H23ClN2O4S. The molecule has 0 aliphatic carbocycles. The molecule has 24 heavy (non-hydrogen) atoms. The SMILES string of the molecule is CCOCCCNC(=O)[C@H]1CCCN1S(=O)(=O)c1ccc(Cl)cc1. The Morgan fingerprint density at radius 3 is 2.75 bits per heavy atom. The third kappa shape index (κ3) is 4.69. The Hall–Kier alpha value is -1.15. The van der Waals surface area contributed by atoms with Gasteiger partial charge < -0.3 is 10.1 Å². The minimum atomic E-state index is -3.70. The van der Waals surface area contributed by atoms with Crippen LogP contribution in [-0.2, 0) is 19.6 Å². The second kappa shape index (κ2) is 8.80. The molecule has 1 heterocycles. The van der Waals surface area contributed by atoms with Crippen molar-refractivity contribution < 1.29 is 17.9 Å². The van der Waals surface area contributed by atoms with Crippen LogP contribution in [0.15, 0.2) is 29.2 Å². The predicted octanol–water partition coefficient (Wildman–Crippen LogP) is 2.04. The Morgan fingerprint density at radius 1 is 1.38 bits per heavy atom. The zero-order valence-corrected chi connectivity index (χ0v) is 15.3. The molecule has 0 unspecified atom stereocenters. The molecule has 1 aliphatic rings. The third-order valence-corrected chi connectivity index (χ3v) is 6.07. The molecule has 1 aromatic rings. The zero-order valence-electron chi connectivity index (χ0n) is 13.7. The van der Waals surface area contributed by atoms with E-state index in [9.17, 15) is 13.2 Å². The number of amides is 1. The highest BCUT2D eigenvalue weighted by Crippen LogP contribution is 2.26. The minimum absolute atomic E-state index is 0.156. The van der Waals surface area contributed by atoms with Gasteiger partial charge in [0.05, 0.1) is 4.90 Å². The van der Waals surface area contributed by atoms with Gasteiger partial charge in [0, 0.05) is 31.3 Å². The van der Waals surface area contributed by atoms with Crippen molar-refractivity contribution in [1.82, 2.24) is 9.62 Å². The summed E-state index contributed by atoms with van der Waals surface area (Å²) in [7, 11) is -3.70. The van der Waals surface area contributed by atoms with Gasteiger partial charge in [0.2, 0.25) is 15.9 Å². The van der Waals surface area contributed by atoms with E-state index >= 15 is 0 Å². The highest BCUT2D eigenvalue weighted by molar-refractivity contribution is 7.89. The fourth-order valence-electron chi connectivity index (χ4n) is 2.68. The Morgan fingerprint density at radius 2 is 2.08 bits per heavy atom. The van der Waals surface area contributed by atoms with Crippen LogP contribution in [0, 0.1) is 0 Å². The van der Waals surface area contributed by atoms with Crippen molar-refractivity contribution in [3.8, 4) is 0 Å². The lowest BCUT2D eigenvalue weighted by Gasteiger charge is -2.23. The highest BCUT2D eigenvalue weighted by Gasteiger charge is 2.39. The van der Waals surface area contributed by atoms with Crippen LogP contribution in [0.1, 0.15) is 26.2 Å². The maximum absolute atomic E-state index is 12.8. The van der Waals surface area contributed by atoms with Crippen LogP contribution < -0.4 is 5.32 Å². The molecule has 0 saturated carbocycles. The van der Waals surface area contributed by atoms with Crippen LogP contribution in [0.2, 0.25) is 5.02 Å². The van der Waals surface area contributed by atoms with E-state index in [2.05, 4.69) is 5.32 Å². The van der Waals surface area contributed by atoms with Gasteiger partial charge in [0.15, 0.2) is 0 Å². The largest absolute Gasteiger partial charge is 0.382 e. The fourth-order valence-corrected chi connectivity index (χ4v) is 4.46. The number of nitrogens with zero attached hydrogens (tertiary/aromatic N) is 1. The van der Waals surface area contributed by atoms with E-state index in [-0.39, 0.29) is 10.8 Å². The van der Waals surface area contributed by atoms with Crippen molar-refractivity contribution in [3.05, 3.63) is 29.3 Å². The Bertz CT molecular complexity index is 649. The first-order valence-corrected chi connectivity index (χ1v) is 9.91. The van der Waals surface area contributed by atoms with Gasteiger partial charge >= 0.3 is 0 Å². The first-order chi connectivity index (χ1) is 11.5. The summed E-state index contributed by atoms with van der Waals surface area (Å²) < 4.78 is 32.0. The number of nitrogens with one attached hydrogen (secondary N) is 1. The molecule has 0 radical (unpaired) electrons. The molecule has 1 N–H and O–H groups in total. The van der Waals surface area contributed by atoms with Gasteiger partial charge in [-0.25, -0.2) is 8.42 Å². The average Bonchev–Trinajstić information content (AvgIpc) is 3.05. The van der Waals surface area contributed by atoms with E-state index in [4.69, 9.17) is 16.3 Å². The molecule has 1 saturated heterocycles. The maximum atomic E-state index is 12.8. The van der Waals surface area contributed by atoms with Crippen molar-refractivity contribution >= 4 is 27.5 Å². The second-order valence-corrected chi connectivity index (χ2v) is 7.90. The molecule has 8 heteroatoms. The number of hydrogen-bond acceptors (Lipinski definition) is 4. The second-order valence-electron chi connectivity index (χ2n) is 5.57. The Balaban J connectivity index is 2.01. The average molecular weight is 375 g/mol. The number of hydrogen-bond donors (Lipinski definition) is 1. The molecular weight excluding hydrogens is 352 g/mol. The standard InChI is InChI=1S/C16H23ClN2O4S/c1-2-23-12-4-10-18-16(20)15-5-3-11-19(15)24(21,22)14-8-6-13(17)7-9-14/h6-9,15H,2-5,10-12H2,1H3,(H,18,20)/t15-/m1/s1. The normalized spacial score (nSPS) is 18.7. The van der Waals surface area contributed by atoms with Gasteiger partial charge in [-0.3, -0.25) is 4.79 Å². The molecule has 1 aliphatic heterocycles. The molecule has 0 aromatic heterocycles. The maximum Gasteiger partial charge on any atom is 0.243 e. The summed E-state index contributed by atoms with van der Waals surface area (Å²) in [4.78, 5) is 12.5. The van der Waals surface area contributed by atoms with E-state index < -0.39 is 16.1 Å². The molecule has 1 aromatic carbocycles. The molecule has 6 nitrogen and oxygen atoms in total. The molecule has 2 rings (SSSR count). The fraction of sp³-hybridized carbons (Fsp3) is 0.562. The first kappa shape index (κ1) is 19.2. The van der Waals surface area contributed by atoms with Crippen LogP contribution in [0.4, 0.5) is 0 Å². The smallest absolute Gasteiger partial charge is 0.243 e. The van der Waals surface area contributed by atoms with E-state index in [0.29, 0.717) is 50.6 Å². The minimum Gasteiger partial charge on any atom is -0.382 e. The van der Waals surface area contributed by atoms with E-state index in [1.54, 1.807) is 0 Å². The summed E-state index contributed by atoms with van der Waals surface area (Å²) in [6.07, 6.45) is 1.91. The number of benzene rings is 1. The summed E-state index contributed by atoms with van der Waals surface area (Å²) in [5.74, 6) is -0.249. The number of carbonyl (C=O) groups is 1. The van der Waals surface area contributed by atoms with E-state index in [1.165, 1.54) is 28.6 Å². The van der Waals surface area contributed by atoms with E-state index in [0.717, 1.165) is 0 Å². The van der Waals surface area contributed by atoms with Crippen molar-refractivity contribution in [1.29, 1.82) is 0 Å². The lowest BCUT2D eigenvalue weighted by Crippen LogP contribution is -2.46. The molecule has 0 spiro atoms. The Labute approximate surface area is 148 Å². The number of sulfonamides is 1. The van der Waals surface area contributed by atoms with Gasteiger partial charge in [0.1, 0.15) is 6.04 Å². The first-order valence-electron chi connectivity index (χ1n) is 8.09. The van der Waals surface area contributed by atoms with Crippen molar-refractivity contribution in [2.75, 3.05) is 26.3 Å². The van der Waals surface area contributed by atoms with Crippen LogP contribution in [-0.4, -0.2) is 51.0 Å². The lowest BCUT2D eigenvalue weighted by atomic mass is 10.2. The highest BCUT2D eigenvalue weighted by atomic mass is 35.5. The molecule has 1 amide bonds. The summed E-state index contributed by atoms with van der Waals surface area (Å²) in [6.45, 7) is 3.96. The number of ether oxygens (including phenoxy) is 1. The molecule has 1 atom stereocenters. The lowest BCUT2D eigenvalue weighted by molar-refractivity contribution is -0.124. The molecule has 134 valence electrons. The van der Waals surface area contributed by atoms with Gasteiger partial charge in [-0.2, -0.15) is 4.31 Å². The number of halogens is 1. The van der Waals surface area contributed by atoms with Crippen LogP contribution in [0.5, 0.6) is 0 Å². The summed E-state index contributed by atoms with van der Waals surface area (Å²) in [5.41, 5.74) is 0. The Kier molecular flexibility index (Phi) is 7.03. The van der Waals surface area contributed by atoms with Crippen molar-refractivity contribution in [2.24, 2.45) is 0 Å². The monoisotopic (exact) mass is 374 g/mol. The third-order valence-electron chi connectivity index (χ3n) is 3.90. The number of rotatable bonds is 8. The summed E-state index contributed by atoms with van der Waals surface area (Å²) in [6, 6.07) is 5.35. The van der Waals surface area contributed by atoms with Gasteiger partial charge in [-0.1, -0.05) is 11.6 Å². The predicted molar refractivity (Wildman–Crippen MR) is 92.5 cm³/mol. The van der Waals surface area contributed by atoms with Crippen LogP contribution >= 0.6 is 11.6 Å². The summed E-state index contributed by atoms with van der Waals surface area (Å²) >= 11 is 5.81. The zero-order chi connectivity index (χ0) is 17.6. The van der Waals surface area contributed by atoms with Crippen molar-refractivity contribution in [2.45, 2.75) is 37.1 Å².